The molecule has 4 nitrogen and oxygen atoms in total. The van der Waals surface area contributed by atoms with Crippen LogP contribution in [0, 0.1) is 3.95 Å². The van der Waals surface area contributed by atoms with Crippen molar-refractivity contribution in [3.8, 4) is 5.88 Å². The quantitative estimate of drug-likeness (QED) is 0.399. The number of allylic oxidation sites excluding steroid dienone is 3. The smallest absolute Gasteiger partial charge is 0.162 e. The summed E-state index contributed by atoms with van der Waals surface area (Å²) in [5, 5.41) is 11.6. The molecule has 0 radical (unpaired) electrons. The third kappa shape index (κ3) is 11.1. The molecule has 0 bridgehead atoms. The summed E-state index contributed by atoms with van der Waals surface area (Å²) in [7, 11) is 8.00. The number of aromatic nitrogens is 1. The molecule has 1 aromatic rings. The van der Waals surface area contributed by atoms with Gasteiger partial charge in [-0.2, -0.15) is 0 Å². The number of aromatic amines is 1. The van der Waals surface area contributed by atoms with Crippen molar-refractivity contribution in [2.45, 2.75) is 0 Å². The number of nitrogens with one attached hydrogen (secondary N) is 1. The van der Waals surface area contributed by atoms with Crippen LogP contribution in [0.1, 0.15) is 0 Å². The fourth-order valence-corrected chi connectivity index (χ4v) is 1.45. The van der Waals surface area contributed by atoms with Gasteiger partial charge in [0, 0.05) is 25.6 Å². The lowest BCUT2D eigenvalue weighted by atomic mass is 10.5. The molecule has 0 aliphatic carbocycles. The Kier molecular flexibility index (Phi) is 8.86. The number of rotatable bonds is 3. The minimum atomic E-state index is -0.102. The van der Waals surface area contributed by atoms with Crippen LogP contribution in [-0.2, 0) is 0 Å². The van der Waals surface area contributed by atoms with Crippen LogP contribution in [-0.4, -0.2) is 48.9 Å². The molecule has 0 amide bonds. The summed E-state index contributed by atoms with van der Waals surface area (Å²) in [5.41, 5.74) is 0. The molecule has 6 heteroatoms. The van der Waals surface area contributed by atoms with Crippen LogP contribution in [0.2, 0.25) is 0 Å². The molecule has 1 N–H and O–H groups in total. The molecule has 0 fully saturated rings. The Morgan fingerprint density at radius 2 is 2.00 bits per heavy atom. The summed E-state index contributed by atoms with van der Waals surface area (Å²) < 4.78 is 2.55. The summed E-state index contributed by atoms with van der Waals surface area (Å²) in [6.45, 7) is 0. The monoisotopic (exact) mass is 285 g/mol. The van der Waals surface area contributed by atoms with E-state index in [4.69, 9.17) is 0 Å². The first-order valence-electron chi connectivity index (χ1n) is 5.28. The Labute approximate surface area is 117 Å². The van der Waals surface area contributed by atoms with Crippen LogP contribution < -0.4 is 5.11 Å². The molecule has 0 atom stereocenters. The highest BCUT2D eigenvalue weighted by molar-refractivity contribution is 7.73. The fourth-order valence-electron chi connectivity index (χ4n) is 0.774. The van der Waals surface area contributed by atoms with E-state index in [1.807, 2.05) is 68.3 Å². The van der Waals surface area contributed by atoms with Gasteiger partial charge >= 0.3 is 0 Å². The summed E-state index contributed by atoms with van der Waals surface area (Å²) >= 11 is 5.85. The molecular weight excluding hydrogens is 266 g/mol. The second-order valence-electron chi connectivity index (χ2n) is 3.82. The molecule has 1 aromatic heterocycles. The lowest BCUT2D eigenvalue weighted by Gasteiger charge is -2.00. The van der Waals surface area contributed by atoms with Crippen molar-refractivity contribution in [1.82, 2.24) is 9.88 Å². The first kappa shape index (κ1) is 16.6. The maximum Gasteiger partial charge on any atom is 0.162 e. The van der Waals surface area contributed by atoms with Gasteiger partial charge in [-0.3, -0.25) is 0 Å². The van der Waals surface area contributed by atoms with Crippen LogP contribution in [0.5, 0.6) is 5.88 Å². The van der Waals surface area contributed by atoms with Gasteiger partial charge in [-0.1, -0.05) is 6.08 Å². The number of hydrogen-bond donors (Lipinski definition) is 1. The highest BCUT2D eigenvalue weighted by atomic mass is 32.1. The van der Waals surface area contributed by atoms with Gasteiger partial charge in [0.25, 0.3) is 0 Å². The topological polar surface area (TPSA) is 45.1 Å². The summed E-state index contributed by atoms with van der Waals surface area (Å²) in [5.74, 6) is -0.102. The number of thiazole rings is 1. The first-order chi connectivity index (χ1) is 8.41. The molecule has 0 spiro atoms. The van der Waals surface area contributed by atoms with Crippen molar-refractivity contribution in [3.63, 3.8) is 0 Å². The third-order valence-electron chi connectivity index (χ3n) is 1.49. The zero-order chi connectivity index (χ0) is 14.0. The molecule has 0 aliphatic rings. The van der Waals surface area contributed by atoms with E-state index >= 15 is 0 Å². The highest BCUT2D eigenvalue weighted by Gasteiger charge is 1.75. The van der Waals surface area contributed by atoms with Crippen molar-refractivity contribution in [2.75, 3.05) is 28.2 Å². The summed E-state index contributed by atoms with van der Waals surface area (Å²) in [6, 6.07) is 0. The van der Waals surface area contributed by atoms with E-state index in [1.54, 1.807) is 0 Å². The van der Waals surface area contributed by atoms with E-state index in [1.165, 1.54) is 16.7 Å². The predicted molar refractivity (Wildman–Crippen MR) is 79.1 cm³/mol. The second kappa shape index (κ2) is 9.61. The van der Waals surface area contributed by atoms with E-state index < -0.39 is 0 Å². The van der Waals surface area contributed by atoms with Crippen molar-refractivity contribution in [1.29, 1.82) is 0 Å². The summed E-state index contributed by atoms with van der Waals surface area (Å²) in [4.78, 5) is 4.42. The maximum absolute atomic E-state index is 10.2. The minimum Gasteiger partial charge on any atom is -0.860 e. The SMILES string of the molecule is CN(C)/C=C/C=C/C=[N+](C)C.[O-]c1csc(=S)[nH]1. The molecule has 0 aliphatic heterocycles. The largest absolute Gasteiger partial charge is 0.860 e. The van der Waals surface area contributed by atoms with Crippen LogP contribution in [0.25, 0.3) is 0 Å². The van der Waals surface area contributed by atoms with E-state index in [0.717, 1.165) is 0 Å². The average Bonchev–Trinajstić information content (AvgIpc) is 2.62. The zero-order valence-corrected chi connectivity index (χ0v) is 12.7. The van der Waals surface area contributed by atoms with Crippen molar-refractivity contribution < 1.29 is 9.68 Å². The van der Waals surface area contributed by atoms with E-state index in [0.29, 0.717) is 3.95 Å². The molecule has 100 valence electrons. The van der Waals surface area contributed by atoms with Crippen LogP contribution in [0.15, 0.2) is 29.8 Å². The number of hydrogen-bond acceptors (Lipinski definition) is 4. The molecule has 18 heavy (non-hydrogen) atoms. The van der Waals surface area contributed by atoms with E-state index in [2.05, 4.69) is 17.2 Å². The molecule has 1 rings (SSSR count). The second-order valence-corrected chi connectivity index (χ2v) is 5.36. The first-order valence-corrected chi connectivity index (χ1v) is 6.56. The predicted octanol–water partition coefficient (Wildman–Crippen LogP) is 1.84. The van der Waals surface area contributed by atoms with Crippen molar-refractivity contribution in [2.24, 2.45) is 0 Å². The van der Waals surface area contributed by atoms with Crippen LogP contribution in [0.3, 0.4) is 0 Å². The third-order valence-corrected chi connectivity index (χ3v) is 2.53. The Morgan fingerprint density at radius 3 is 2.33 bits per heavy atom. The Hall–Kier alpha value is -1.40. The fraction of sp³-hybridized carbons (Fsp3) is 0.333. The van der Waals surface area contributed by atoms with Crippen LogP contribution >= 0.6 is 23.6 Å². The maximum atomic E-state index is 10.2. The van der Waals surface area contributed by atoms with Gasteiger partial charge in [-0.15, -0.1) is 11.3 Å². The normalized spacial score (nSPS) is 10.2. The summed E-state index contributed by atoms with van der Waals surface area (Å²) in [6.07, 6.45) is 10.0. The van der Waals surface area contributed by atoms with Gasteiger partial charge in [0.15, 0.2) is 10.2 Å². The average molecular weight is 285 g/mol. The molecule has 1 heterocycles. The van der Waals surface area contributed by atoms with Gasteiger partial charge in [0.2, 0.25) is 0 Å². The Bertz CT molecular complexity index is 466. The number of nitrogens with zero attached hydrogens (tertiary/aromatic N) is 2. The number of H-pyrrole nitrogens is 1. The van der Waals surface area contributed by atoms with E-state index in [-0.39, 0.29) is 5.88 Å². The van der Waals surface area contributed by atoms with Crippen molar-refractivity contribution >= 4 is 29.8 Å². The van der Waals surface area contributed by atoms with Gasteiger partial charge in [0.05, 0.1) is 0 Å². The zero-order valence-electron chi connectivity index (χ0n) is 11.1. The Morgan fingerprint density at radius 1 is 1.33 bits per heavy atom. The standard InChI is InChI=1S/C9H17N2.C3H3NOS2/c1-10(2)8-6-5-7-9-11(3)4;5-2-1-7-3(6)4-2/h5-9H,1-4H3;1,5H,(H,4,6)/q+1;/p-1. The van der Waals surface area contributed by atoms with Gasteiger partial charge < -0.3 is 15.0 Å². The Balaban J connectivity index is 0.000000351. The van der Waals surface area contributed by atoms with Gasteiger partial charge in [-0.05, 0) is 30.4 Å². The minimum absolute atomic E-state index is 0.102. The molecule has 0 aromatic carbocycles. The molecule has 0 saturated heterocycles. The molecular formula is C12H19N3OS2. The highest BCUT2D eigenvalue weighted by Crippen LogP contribution is 2.05. The van der Waals surface area contributed by atoms with Crippen LogP contribution in [0.4, 0.5) is 0 Å². The molecule has 0 unspecified atom stereocenters. The lowest BCUT2D eigenvalue weighted by molar-refractivity contribution is -0.458. The van der Waals surface area contributed by atoms with Gasteiger partial charge in [-0.25, -0.2) is 4.58 Å². The van der Waals surface area contributed by atoms with Gasteiger partial charge in [0.1, 0.15) is 14.1 Å². The molecule has 0 saturated carbocycles. The van der Waals surface area contributed by atoms with E-state index in [9.17, 15) is 5.11 Å². The van der Waals surface area contributed by atoms with Crippen molar-refractivity contribution in [3.05, 3.63) is 33.8 Å². The lowest BCUT2D eigenvalue weighted by Crippen LogP contribution is -1.99.